The van der Waals surface area contributed by atoms with Crippen LogP contribution in [0.1, 0.15) is 28.9 Å². The molecule has 1 aromatic carbocycles. The Labute approximate surface area is 156 Å². The maximum absolute atomic E-state index is 13.0. The van der Waals surface area contributed by atoms with Gasteiger partial charge in [0.25, 0.3) is 5.91 Å². The number of carbonyl (C=O) groups is 2. The Morgan fingerprint density at radius 3 is 2.50 bits per heavy atom. The fourth-order valence-corrected chi connectivity index (χ4v) is 5.07. The molecule has 2 heterocycles. The molecule has 1 aliphatic heterocycles. The molecule has 1 saturated heterocycles. The predicted molar refractivity (Wildman–Crippen MR) is 99.6 cm³/mol. The van der Waals surface area contributed by atoms with Crippen molar-refractivity contribution in [1.82, 2.24) is 4.90 Å². The number of amides is 1. The van der Waals surface area contributed by atoms with Gasteiger partial charge < -0.3 is 14.7 Å². The first-order valence-electron chi connectivity index (χ1n) is 8.79. The van der Waals surface area contributed by atoms with Gasteiger partial charge in [-0.15, -0.1) is 11.3 Å². The Bertz CT molecular complexity index is 837. The molecular formula is C20H21NO4S. The van der Waals surface area contributed by atoms with E-state index in [1.807, 2.05) is 41.3 Å². The SMILES string of the molecule is COc1cc(-c2ccccc2)sc1C(=O)N1CCC2(CC1)CC2C(=O)O. The van der Waals surface area contributed by atoms with Crippen LogP contribution in [0.4, 0.5) is 0 Å². The van der Waals surface area contributed by atoms with Crippen LogP contribution in [0.2, 0.25) is 0 Å². The van der Waals surface area contributed by atoms with E-state index in [1.165, 1.54) is 11.3 Å². The molecule has 2 aliphatic rings. The normalized spacial score (nSPS) is 20.8. The minimum absolute atomic E-state index is 0.0172. The van der Waals surface area contributed by atoms with Gasteiger partial charge in [0, 0.05) is 18.0 Å². The van der Waals surface area contributed by atoms with Crippen molar-refractivity contribution in [3.05, 3.63) is 41.3 Å². The summed E-state index contributed by atoms with van der Waals surface area (Å²) in [6.07, 6.45) is 2.30. The minimum Gasteiger partial charge on any atom is -0.495 e. The molecule has 1 unspecified atom stereocenters. The van der Waals surface area contributed by atoms with Crippen molar-refractivity contribution in [2.24, 2.45) is 11.3 Å². The maximum atomic E-state index is 13.0. The van der Waals surface area contributed by atoms with Gasteiger partial charge in [-0.3, -0.25) is 9.59 Å². The highest BCUT2D eigenvalue weighted by atomic mass is 32.1. The second kappa shape index (κ2) is 6.43. The molecule has 1 atom stereocenters. The fourth-order valence-electron chi connectivity index (χ4n) is 3.97. The lowest BCUT2D eigenvalue weighted by atomic mass is 9.90. The van der Waals surface area contributed by atoms with Crippen LogP contribution in [-0.2, 0) is 4.79 Å². The van der Waals surface area contributed by atoms with Crippen LogP contribution in [0.25, 0.3) is 10.4 Å². The summed E-state index contributed by atoms with van der Waals surface area (Å²) in [5, 5.41) is 9.21. The zero-order valence-corrected chi connectivity index (χ0v) is 15.4. The number of methoxy groups -OCH3 is 1. The first-order chi connectivity index (χ1) is 12.5. The highest BCUT2D eigenvalue weighted by molar-refractivity contribution is 7.17. The monoisotopic (exact) mass is 371 g/mol. The molecular weight excluding hydrogens is 350 g/mol. The van der Waals surface area contributed by atoms with Crippen molar-refractivity contribution < 1.29 is 19.4 Å². The summed E-state index contributed by atoms with van der Waals surface area (Å²) < 4.78 is 5.45. The number of hydrogen-bond acceptors (Lipinski definition) is 4. The van der Waals surface area contributed by atoms with Crippen LogP contribution in [0.3, 0.4) is 0 Å². The highest BCUT2D eigenvalue weighted by Gasteiger charge is 2.59. The Morgan fingerprint density at radius 2 is 1.92 bits per heavy atom. The van der Waals surface area contributed by atoms with E-state index in [4.69, 9.17) is 4.74 Å². The highest BCUT2D eigenvalue weighted by Crippen LogP contribution is 2.59. The van der Waals surface area contributed by atoms with Crippen molar-refractivity contribution in [1.29, 1.82) is 0 Å². The number of nitrogens with zero attached hydrogens (tertiary/aromatic N) is 1. The average Bonchev–Trinajstić information content (AvgIpc) is 3.19. The molecule has 136 valence electrons. The van der Waals surface area contributed by atoms with Gasteiger partial charge in [0.05, 0.1) is 13.0 Å². The Hall–Kier alpha value is -2.34. The third-order valence-corrected chi connectivity index (χ3v) is 6.86. The molecule has 2 aromatic rings. The third kappa shape index (κ3) is 2.88. The van der Waals surface area contributed by atoms with E-state index in [-0.39, 0.29) is 17.2 Å². The molecule has 1 aromatic heterocycles. The lowest BCUT2D eigenvalue weighted by Crippen LogP contribution is -2.39. The van der Waals surface area contributed by atoms with Crippen molar-refractivity contribution in [2.45, 2.75) is 19.3 Å². The van der Waals surface area contributed by atoms with Crippen molar-refractivity contribution >= 4 is 23.2 Å². The van der Waals surface area contributed by atoms with E-state index >= 15 is 0 Å². The molecule has 4 rings (SSSR count). The zero-order valence-electron chi connectivity index (χ0n) is 14.6. The number of carbonyl (C=O) groups excluding carboxylic acids is 1. The summed E-state index contributed by atoms with van der Waals surface area (Å²) in [6.45, 7) is 1.23. The molecule has 1 aliphatic carbocycles. The first-order valence-corrected chi connectivity index (χ1v) is 9.61. The van der Waals surface area contributed by atoms with Crippen molar-refractivity contribution in [3.8, 4) is 16.2 Å². The quantitative estimate of drug-likeness (QED) is 0.889. The van der Waals surface area contributed by atoms with Crippen LogP contribution in [0.15, 0.2) is 36.4 Å². The number of carboxylic acids is 1. The van der Waals surface area contributed by atoms with Gasteiger partial charge in [0.15, 0.2) is 0 Å². The van der Waals surface area contributed by atoms with Gasteiger partial charge in [0.2, 0.25) is 0 Å². The molecule has 0 bridgehead atoms. The smallest absolute Gasteiger partial charge is 0.307 e. The van der Waals surface area contributed by atoms with Gasteiger partial charge in [-0.1, -0.05) is 30.3 Å². The van der Waals surface area contributed by atoms with E-state index in [0.29, 0.717) is 23.7 Å². The number of hydrogen-bond donors (Lipinski definition) is 1. The van der Waals surface area contributed by atoms with Gasteiger partial charge in [-0.05, 0) is 36.3 Å². The Kier molecular flexibility index (Phi) is 4.23. The van der Waals surface area contributed by atoms with Crippen molar-refractivity contribution in [3.63, 3.8) is 0 Å². The second-order valence-electron chi connectivity index (χ2n) is 7.12. The van der Waals surface area contributed by atoms with Gasteiger partial charge >= 0.3 is 5.97 Å². The number of benzene rings is 1. The lowest BCUT2D eigenvalue weighted by Gasteiger charge is -2.32. The number of aliphatic carboxylic acids is 1. The van der Waals surface area contributed by atoms with E-state index in [1.54, 1.807) is 7.11 Å². The van der Waals surface area contributed by atoms with Crippen LogP contribution in [-0.4, -0.2) is 42.1 Å². The summed E-state index contributed by atoms with van der Waals surface area (Å²) in [5.74, 6) is -0.330. The molecule has 1 amide bonds. The first kappa shape index (κ1) is 17.1. The van der Waals surface area contributed by atoms with E-state index < -0.39 is 5.97 Å². The van der Waals surface area contributed by atoms with Gasteiger partial charge in [0.1, 0.15) is 10.6 Å². The topological polar surface area (TPSA) is 66.8 Å². The van der Waals surface area contributed by atoms with E-state index in [9.17, 15) is 14.7 Å². The van der Waals surface area contributed by atoms with Crippen LogP contribution < -0.4 is 4.74 Å². The predicted octanol–water partition coefficient (Wildman–Crippen LogP) is 3.75. The number of ether oxygens (including phenoxy) is 1. The third-order valence-electron chi connectivity index (χ3n) is 5.70. The molecule has 2 fully saturated rings. The molecule has 0 radical (unpaired) electrons. The maximum Gasteiger partial charge on any atom is 0.307 e. The molecule has 1 spiro atoms. The summed E-state index contributed by atoms with van der Waals surface area (Å²) in [7, 11) is 1.58. The number of rotatable bonds is 4. The van der Waals surface area contributed by atoms with Crippen LogP contribution >= 0.6 is 11.3 Å². The van der Waals surface area contributed by atoms with Crippen LogP contribution in [0.5, 0.6) is 5.75 Å². The largest absolute Gasteiger partial charge is 0.495 e. The number of carboxylic acid groups (broad SMARTS) is 1. The van der Waals surface area contributed by atoms with Gasteiger partial charge in [-0.25, -0.2) is 0 Å². The van der Waals surface area contributed by atoms with Crippen LogP contribution in [0, 0.1) is 11.3 Å². The standard InChI is InChI=1S/C20H21NO4S/c1-25-15-11-16(13-5-3-2-4-6-13)26-17(15)18(22)21-9-7-20(8-10-21)12-14(20)19(23)24/h2-6,11,14H,7-10,12H2,1H3,(H,23,24). The number of piperidine rings is 1. The fraction of sp³-hybridized carbons (Fsp3) is 0.400. The number of likely N-dealkylation sites (tertiary alicyclic amines) is 1. The lowest BCUT2D eigenvalue weighted by molar-refractivity contribution is -0.139. The average molecular weight is 371 g/mol. The summed E-state index contributed by atoms with van der Waals surface area (Å²) >= 11 is 1.45. The summed E-state index contributed by atoms with van der Waals surface area (Å²) in [5.41, 5.74) is 0.992. The molecule has 1 saturated carbocycles. The zero-order chi connectivity index (χ0) is 18.3. The van der Waals surface area contributed by atoms with Crippen molar-refractivity contribution in [2.75, 3.05) is 20.2 Å². The Morgan fingerprint density at radius 1 is 1.23 bits per heavy atom. The molecule has 26 heavy (non-hydrogen) atoms. The molecule has 5 nitrogen and oxygen atoms in total. The van der Waals surface area contributed by atoms with Gasteiger partial charge in [-0.2, -0.15) is 0 Å². The van der Waals surface area contributed by atoms with E-state index in [2.05, 4.69) is 0 Å². The summed E-state index contributed by atoms with van der Waals surface area (Å²) in [6, 6.07) is 11.9. The molecule has 6 heteroatoms. The van der Waals surface area contributed by atoms with E-state index in [0.717, 1.165) is 29.7 Å². The summed E-state index contributed by atoms with van der Waals surface area (Å²) in [4.78, 5) is 27.7. The second-order valence-corrected chi connectivity index (χ2v) is 8.18. The Balaban J connectivity index is 1.50. The molecule has 1 N–H and O–H groups in total. The number of thiophene rings is 1. The minimum atomic E-state index is -0.697.